The number of anilines is 1. The topological polar surface area (TPSA) is 42.0 Å². The Labute approximate surface area is 175 Å². The van der Waals surface area contributed by atoms with Gasteiger partial charge in [-0.15, -0.1) is 0 Å². The summed E-state index contributed by atoms with van der Waals surface area (Å²) in [5, 5.41) is 4.12. The molecule has 1 aromatic heterocycles. The number of nitrogens with zero attached hydrogens (tertiary/aromatic N) is 1. The fraction of sp³-hybridized carbons (Fsp3) is 0.333. The molecule has 2 aromatic carbocycles. The highest BCUT2D eigenvalue weighted by molar-refractivity contribution is 6.31. The first-order valence-corrected chi connectivity index (χ1v) is 10.5. The van der Waals surface area contributed by atoms with E-state index in [1.54, 1.807) is 0 Å². The smallest absolute Gasteiger partial charge is 0.227 e. The number of rotatable bonds is 4. The van der Waals surface area contributed by atoms with Gasteiger partial charge in [0.1, 0.15) is 5.82 Å². The minimum Gasteiger partial charge on any atom is -0.326 e. The molecule has 0 aliphatic heterocycles. The van der Waals surface area contributed by atoms with Crippen LogP contribution in [0.4, 0.5) is 10.1 Å². The van der Waals surface area contributed by atoms with Crippen molar-refractivity contribution in [2.45, 2.75) is 38.5 Å². The number of benzene rings is 2. The molecule has 0 bridgehead atoms. The lowest BCUT2D eigenvalue weighted by Gasteiger charge is -2.32. The van der Waals surface area contributed by atoms with Crippen LogP contribution in [0.5, 0.6) is 0 Å². The number of nitrogens with one attached hydrogen (secondary N) is 1. The molecule has 3 nitrogen and oxygen atoms in total. The predicted molar refractivity (Wildman–Crippen MR) is 116 cm³/mol. The normalized spacial score (nSPS) is 20.4. The molecule has 1 saturated carbocycles. The quantitative estimate of drug-likeness (QED) is 0.528. The van der Waals surface area contributed by atoms with E-state index in [1.807, 2.05) is 19.2 Å². The lowest BCUT2D eigenvalue weighted by molar-refractivity contribution is -0.121. The molecule has 0 unspecified atom stereocenters. The predicted octanol–water partition coefficient (Wildman–Crippen LogP) is 6.58. The van der Waals surface area contributed by atoms with Crippen LogP contribution in [0.15, 0.2) is 54.7 Å². The molecule has 0 spiro atoms. The third-order valence-electron chi connectivity index (χ3n) is 6.20. The van der Waals surface area contributed by atoms with Gasteiger partial charge in [0.15, 0.2) is 0 Å². The summed E-state index contributed by atoms with van der Waals surface area (Å²) in [7, 11) is 0. The maximum absolute atomic E-state index is 13.3. The van der Waals surface area contributed by atoms with Crippen LogP contribution in [0.25, 0.3) is 10.9 Å². The minimum atomic E-state index is -0.486. The van der Waals surface area contributed by atoms with E-state index in [-0.39, 0.29) is 16.8 Å². The van der Waals surface area contributed by atoms with Crippen molar-refractivity contribution in [3.63, 3.8) is 0 Å². The largest absolute Gasteiger partial charge is 0.326 e. The van der Waals surface area contributed by atoms with E-state index in [2.05, 4.69) is 34.6 Å². The number of carbonyl (C=O) groups excluding carboxylic acids is 1. The van der Waals surface area contributed by atoms with Crippen molar-refractivity contribution in [2.75, 3.05) is 5.32 Å². The first-order chi connectivity index (χ1) is 14.0. The number of halogens is 2. The number of fused-ring (bicyclic) bond motifs is 1. The van der Waals surface area contributed by atoms with Gasteiger partial charge in [-0.1, -0.05) is 36.7 Å². The van der Waals surface area contributed by atoms with Crippen LogP contribution >= 0.6 is 11.6 Å². The van der Waals surface area contributed by atoms with Crippen LogP contribution in [0, 0.1) is 17.7 Å². The number of pyridine rings is 1. The van der Waals surface area contributed by atoms with Gasteiger partial charge in [0.2, 0.25) is 5.91 Å². The van der Waals surface area contributed by atoms with Crippen molar-refractivity contribution < 1.29 is 9.18 Å². The van der Waals surface area contributed by atoms with Gasteiger partial charge < -0.3 is 5.32 Å². The Kier molecular flexibility index (Phi) is 5.81. The molecule has 0 saturated heterocycles. The SMILES string of the molecule is C[C@@H](C(=O)Nc1ccc(F)c(Cl)c1)[C@H]1CC[C@H](c2ccnc3ccccc32)CC1. The summed E-state index contributed by atoms with van der Waals surface area (Å²) in [5.74, 6) is 0.222. The molecule has 5 heteroatoms. The molecule has 1 atom stereocenters. The first-order valence-electron chi connectivity index (χ1n) is 10.1. The van der Waals surface area contributed by atoms with Crippen molar-refractivity contribution in [1.82, 2.24) is 4.98 Å². The molecule has 150 valence electrons. The standard InChI is InChI=1S/C24H24ClFN2O/c1-15(24(29)28-18-10-11-22(26)21(25)14-18)16-6-8-17(9-7-16)19-12-13-27-23-5-3-2-4-20(19)23/h2-5,10-17H,6-9H2,1H3,(H,28,29)/t15-,16-,17-/m1/s1. The Morgan fingerprint density at radius 3 is 2.66 bits per heavy atom. The number of amides is 1. The van der Waals surface area contributed by atoms with Crippen molar-refractivity contribution in [3.05, 3.63) is 71.1 Å². The Hall–Kier alpha value is -2.46. The van der Waals surface area contributed by atoms with Crippen molar-refractivity contribution in [3.8, 4) is 0 Å². The van der Waals surface area contributed by atoms with E-state index in [0.717, 1.165) is 31.2 Å². The lowest BCUT2D eigenvalue weighted by atomic mass is 9.73. The Morgan fingerprint density at radius 2 is 1.90 bits per heavy atom. The lowest BCUT2D eigenvalue weighted by Crippen LogP contribution is -2.29. The second kappa shape index (κ2) is 8.50. The van der Waals surface area contributed by atoms with E-state index in [4.69, 9.17) is 11.6 Å². The van der Waals surface area contributed by atoms with Gasteiger partial charge in [-0.25, -0.2) is 4.39 Å². The Balaban J connectivity index is 1.39. The van der Waals surface area contributed by atoms with Crippen LogP contribution in [-0.2, 0) is 4.79 Å². The molecule has 1 heterocycles. The van der Waals surface area contributed by atoms with Crippen molar-refractivity contribution >= 4 is 34.1 Å². The van der Waals surface area contributed by atoms with Gasteiger partial charge in [-0.2, -0.15) is 0 Å². The maximum atomic E-state index is 13.3. The number of hydrogen-bond acceptors (Lipinski definition) is 2. The number of aromatic nitrogens is 1. The molecule has 1 fully saturated rings. The molecule has 1 aliphatic carbocycles. The van der Waals surface area contributed by atoms with Crippen molar-refractivity contribution in [2.24, 2.45) is 11.8 Å². The monoisotopic (exact) mass is 410 g/mol. The average molecular weight is 411 g/mol. The molecule has 4 rings (SSSR count). The summed E-state index contributed by atoms with van der Waals surface area (Å²) >= 11 is 5.81. The Bertz CT molecular complexity index is 1030. The van der Waals surface area contributed by atoms with Gasteiger partial charge in [-0.3, -0.25) is 9.78 Å². The zero-order valence-corrected chi connectivity index (χ0v) is 17.1. The summed E-state index contributed by atoms with van der Waals surface area (Å²) in [6, 6.07) is 14.7. The molecule has 0 radical (unpaired) electrons. The van der Waals surface area contributed by atoms with Gasteiger partial charge in [-0.05, 0) is 73.4 Å². The van der Waals surface area contributed by atoms with E-state index in [0.29, 0.717) is 17.5 Å². The maximum Gasteiger partial charge on any atom is 0.227 e. The first kappa shape index (κ1) is 19.8. The fourth-order valence-corrected chi connectivity index (χ4v) is 4.63. The van der Waals surface area contributed by atoms with Crippen LogP contribution < -0.4 is 5.32 Å². The van der Waals surface area contributed by atoms with Crippen LogP contribution in [-0.4, -0.2) is 10.9 Å². The average Bonchev–Trinajstić information content (AvgIpc) is 2.75. The van der Waals surface area contributed by atoms with Crippen LogP contribution in [0.3, 0.4) is 0 Å². The number of hydrogen-bond donors (Lipinski definition) is 1. The van der Waals surface area contributed by atoms with E-state index in [9.17, 15) is 9.18 Å². The van der Waals surface area contributed by atoms with E-state index in [1.165, 1.54) is 29.1 Å². The summed E-state index contributed by atoms with van der Waals surface area (Å²) < 4.78 is 13.3. The summed E-state index contributed by atoms with van der Waals surface area (Å²) in [4.78, 5) is 17.1. The number of para-hydroxylation sites is 1. The van der Waals surface area contributed by atoms with Crippen LogP contribution in [0.1, 0.15) is 44.1 Å². The second-order valence-corrected chi connectivity index (χ2v) is 8.34. The molecular weight excluding hydrogens is 387 g/mol. The van der Waals surface area contributed by atoms with Gasteiger partial charge in [0.25, 0.3) is 0 Å². The third kappa shape index (κ3) is 4.27. The highest BCUT2D eigenvalue weighted by atomic mass is 35.5. The van der Waals surface area contributed by atoms with Gasteiger partial charge in [0, 0.05) is 23.2 Å². The highest BCUT2D eigenvalue weighted by Gasteiger charge is 2.30. The zero-order chi connectivity index (χ0) is 20.4. The van der Waals surface area contributed by atoms with E-state index < -0.39 is 5.82 Å². The van der Waals surface area contributed by atoms with Gasteiger partial charge in [0.05, 0.1) is 10.5 Å². The van der Waals surface area contributed by atoms with Crippen molar-refractivity contribution in [1.29, 1.82) is 0 Å². The third-order valence-corrected chi connectivity index (χ3v) is 6.49. The Morgan fingerprint density at radius 1 is 1.14 bits per heavy atom. The summed E-state index contributed by atoms with van der Waals surface area (Å²) in [6.45, 7) is 1.98. The number of carbonyl (C=O) groups is 1. The fourth-order valence-electron chi connectivity index (χ4n) is 4.45. The summed E-state index contributed by atoms with van der Waals surface area (Å²) in [6.07, 6.45) is 6.06. The van der Waals surface area contributed by atoms with E-state index >= 15 is 0 Å². The molecule has 1 N–H and O–H groups in total. The molecule has 1 aliphatic rings. The minimum absolute atomic E-state index is 0.0144. The second-order valence-electron chi connectivity index (χ2n) is 7.94. The molecular formula is C24H24ClFN2O. The highest BCUT2D eigenvalue weighted by Crippen LogP contribution is 2.40. The van der Waals surface area contributed by atoms with Crippen LogP contribution in [0.2, 0.25) is 5.02 Å². The molecule has 29 heavy (non-hydrogen) atoms. The van der Waals surface area contributed by atoms with Gasteiger partial charge >= 0.3 is 0 Å². The summed E-state index contributed by atoms with van der Waals surface area (Å²) in [5.41, 5.74) is 2.94. The zero-order valence-electron chi connectivity index (χ0n) is 16.4. The molecule has 1 amide bonds. The molecule has 3 aromatic rings.